The molecule has 3 atom stereocenters. The predicted molar refractivity (Wildman–Crippen MR) is 98.1 cm³/mol. The Bertz CT molecular complexity index is 611. The molecule has 1 aromatic rings. The fourth-order valence-electron chi connectivity index (χ4n) is 4.25. The quantitative estimate of drug-likeness (QED) is 0.785. The summed E-state index contributed by atoms with van der Waals surface area (Å²) in [5, 5.41) is 9.01. The molecule has 1 aromatic carbocycles. The highest BCUT2D eigenvalue weighted by molar-refractivity contribution is 7.98. The van der Waals surface area contributed by atoms with E-state index in [-0.39, 0.29) is 30.3 Å². The minimum atomic E-state index is -0.261. The van der Waals surface area contributed by atoms with Crippen molar-refractivity contribution in [2.45, 2.75) is 48.3 Å². The van der Waals surface area contributed by atoms with Crippen molar-refractivity contribution >= 4 is 17.7 Å². The first-order valence-corrected chi connectivity index (χ1v) is 10.1. The second-order valence-corrected chi connectivity index (χ2v) is 7.57. The highest BCUT2D eigenvalue weighted by atomic mass is 32.2. The third-order valence-electron chi connectivity index (χ3n) is 5.58. The smallest absolute Gasteiger partial charge is 0.255 e. The lowest BCUT2D eigenvalue weighted by molar-refractivity contribution is -0.0992. The van der Waals surface area contributed by atoms with E-state index in [0.717, 1.165) is 36.1 Å². The molecule has 0 radical (unpaired) electrons. The minimum absolute atomic E-state index is 0.0253. The molecule has 0 aromatic heterocycles. The number of amides is 1. The Balaban J connectivity index is 1.82. The van der Waals surface area contributed by atoms with E-state index >= 15 is 0 Å². The van der Waals surface area contributed by atoms with Crippen molar-refractivity contribution in [3.05, 3.63) is 29.8 Å². The predicted octanol–water partition coefficient (Wildman–Crippen LogP) is 2.57. The van der Waals surface area contributed by atoms with Crippen LogP contribution in [0.3, 0.4) is 0 Å². The Morgan fingerprint density at radius 3 is 2.92 bits per heavy atom. The van der Waals surface area contributed by atoms with Gasteiger partial charge in [-0.2, -0.15) is 0 Å². The fraction of sp³-hybridized carbons (Fsp3) is 0.632. The van der Waals surface area contributed by atoms with Crippen molar-refractivity contribution in [1.82, 2.24) is 4.90 Å². The molecule has 6 heteroatoms. The summed E-state index contributed by atoms with van der Waals surface area (Å²) < 4.78 is 11.7. The average Bonchev–Trinajstić information content (AvgIpc) is 3.05. The number of benzene rings is 1. The van der Waals surface area contributed by atoms with Crippen molar-refractivity contribution in [1.29, 1.82) is 0 Å². The van der Waals surface area contributed by atoms with Gasteiger partial charge in [-0.1, -0.05) is 12.1 Å². The molecule has 3 rings (SSSR count). The normalized spacial score (nSPS) is 28.8. The first kappa shape index (κ1) is 18.7. The van der Waals surface area contributed by atoms with Crippen LogP contribution in [0.1, 0.15) is 36.0 Å². The summed E-state index contributed by atoms with van der Waals surface area (Å²) in [5.41, 5.74) is 0.503. The van der Waals surface area contributed by atoms with Crippen LogP contribution in [0.2, 0.25) is 0 Å². The molecule has 1 saturated heterocycles. The Hall–Kier alpha value is -1.08. The van der Waals surface area contributed by atoms with E-state index in [0.29, 0.717) is 13.2 Å². The second-order valence-electron chi connectivity index (χ2n) is 6.72. The number of rotatable bonds is 6. The van der Waals surface area contributed by atoms with Crippen molar-refractivity contribution in [3.8, 4) is 0 Å². The number of methoxy groups -OCH3 is 1. The summed E-state index contributed by atoms with van der Waals surface area (Å²) in [4.78, 5) is 16.2. The van der Waals surface area contributed by atoms with Gasteiger partial charge in [0.1, 0.15) is 0 Å². The molecule has 0 unspecified atom stereocenters. The van der Waals surface area contributed by atoms with Gasteiger partial charge in [-0.25, -0.2) is 0 Å². The summed E-state index contributed by atoms with van der Waals surface area (Å²) in [7, 11) is 1.76. The van der Waals surface area contributed by atoms with Crippen LogP contribution in [0.4, 0.5) is 0 Å². The first-order valence-electron chi connectivity index (χ1n) is 8.87. The van der Waals surface area contributed by atoms with Gasteiger partial charge in [-0.15, -0.1) is 11.8 Å². The number of hydrogen-bond acceptors (Lipinski definition) is 5. The molecule has 1 heterocycles. The Morgan fingerprint density at radius 1 is 1.40 bits per heavy atom. The van der Waals surface area contributed by atoms with Crippen LogP contribution < -0.4 is 0 Å². The molecule has 0 bridgehead atoms. The zero-order valence-corrected chi connectivity index (χ0v) is 15.8. The summed E-state index contributed by atoms with van der Waals surface area (Å²) in [5.74, 6) is 0.0803. The topological polar surface area (TPSA) is 59.0 Å². The molecule has 1 amide bonds. The van der Waals surface area contributed by atoms with Gasteiger partial charge in [-0.05, 0) is 44.1 Å². The number of thioether (sulfide) groups is 1. The summed E-state index contributed by atoms with van der Waals surface area (Å²) in [6, 6.07) is 7.80. The van der Waals surface area contributed by atoms with E-state index in [4.69, 9.17) is 14.6 Å². The monoisotopic (exact) mass is 365 g/mol. The molecule has 1 N–H and O–H groups in total. The molecular formula is C19H27NO4S. The van der Waals surface area contributed by atoms with Gasteiger partial charge in [0.05, 0.1) is 36.5 Å². The summed E-state index contributed by atoms with van der Waals surface area (Å²) in [6.45, 7) is 1.09. The molecule has 2 aliphatic rings. The molecule has 0 spiro atoms. The lowest BCUT2D eigenvalue weighted by Crippen LogP contribution is -2.53. The maximum atomic E-state index is 13.2. The number of carbonyl (C=O) groups excluding carboxylic acids is 1. The van der Waals surface area contributed by atoms with E-state index in [1.54, 1.807) is 18.9 Å². The van der Waals surface area contributed by atoms with Gasteiger partial charge in [0.2, 0.25) is 0 Å². The second kappa shape index (κ2) is 8.08. The number of likely N-dealkylation sites (tertiary alicyclic amines) is 1. The van der Waals surface area contributed by atoms with E-state index in [9.17, 15) is 4.79 Å². The van der Waals surface area contributed by atoms with E-state index in [1.807, 2.05) is 35.4 Å². The average molecular weight is 365 g/mol. The van der Waals surface area contributed by atoms with E-state index in [2.05, 4.69) is 0 Å². The fourth-order valence-corrected chi connectivity index (χ4v) is 4.84. The standard InChI is InChI=1S/C19H27NO4S/c1-23-19-8-7-14(24-12-11-21)13-17(19)20(10-9-19)18(22)15-5-3-4-6-16(15)25-2/h3-6,14,17,21H,7-13H2,1-2H3/t14-,17-,19+/m0/s1. The SMILES string of the molecule is CO[C@@]12CC[C@H](OCCO)C[C@@H]1N(C(=O)c1ccccc1SC)CC2. The lowest BCUT2D eigenvalue weighted by Gasteiger charge is -2.43. The highest BCUT2D eigenvalue weighted by Gasteiger charge is 2.52. The Labute approximate surface area is 153 Å². The lowest BCUT2D eigenvalue weighted by atomic mass is 9.79. The minimum Gasteiger partial charge on any atom is -0.394 e. The van der Waals surface area contributed by atoms with Crippen molar-refractivity contribution in [3.63, 3.8) is 0 Å². The van der Waals surface area contributed by atoms with Crippen molar-refractivity contribution in [2.75, 3.05) is 33.1 Å². The van der Waals surface area contributed by atoms with Gasteiger partial charge < -0.3 is 19.5 Å². The molecule has 5 nitrogen and oxygen atoms in total. The summed E-state index contributed by atoms with van der Waals surface area (Å²) >= 11 is 1.60. The maximum absolute atomic E-state index is 13.2. The maximum Gasteiger partial charge on any atom is 0.255 e. The van der Waals surface area contributed by atoms with Crippen LogP contribution in [0.5, 0.6) is 0 Å². The van der Waals surface area contributed by atoms with Gasteiger partial charge in [0, 0.05) is 18.6 Å². The van der Waals surface area contributed by atoms with Crippen LogP contribution >= 0.6 is 11.8 Å². The van der Waals surface area contributed by atoms with Crippen LogP contribution in [0.25, 0.3) is 0 Å². The zero-order chi connectivity index (χ0) is 17.9. The highest BCUT2D eigenvalue weighted by Crippen LogP contribution is 2.44. The number of hydrogen-bond donors (Lipinski definition) is 1. The van der Waals surface area contributed by atoms with Crippen LogP contribution in [-0.4, -0.2) is 66.8 Å². The van der Waals surface area contributed by atoms with Gasteiger partial charge in [0.25, 0.3) is 5.91 Å². The largest absolute Gasteiger partial charge is 0.394 e. The molecule has 138 valence electrons. The van der Waals surface area contributed by atoms with Crippen molar-refractivity contribution < 1.29 is 19.4 Å². The third kappa shape index (κ3) is 3.58. The van der Waals surface area contributed by atoms with Gasteiger partial charge in [-0.3, -0.25) is 4.79 Å². The molecule has 1 saturated carbocycles. The number of ether oxygens (including phenoxy) is 2. The first-order chi connectivity index (χ1) is 12.1. The molecule has 25 heavy (non-hydrogen) atoms. The number of nitrogens with zero attached hydrogens (tertiary/aromatic N) is 1. The summed E-state index contributed by atoms with van der Waals surface area (Å²) in [6.07, 6.45) is 5.50. The molecular weight excluding hydrogens is 338 g/mol. The van der Waals surface area contributed by atoms with Crippen LogP contribution in [0, 0.1) is 0 Å². The number of aliphatic hydroxyl groups excluding tert-OH is 1. The zero-order valence-electron chi connectivity index (χ0n) is 14.9. The Morgan fingerprint density at radius 2 is 2.20 bits per heavy atom. The van der Waals surface area contributed by atoms with Crippen LogP contribution in [-0.2, 0) is 9.47 Å². The Kier molecular flexibility index (Phi) is 6.04. The van der Waals surface area contributed by atoms with Gasteiger partial charge >= 0.3 is 0 Å². The van der Waals surface area contributed by atoms with Crippen molar-refractivity contribution in [2.24, 2.45) is 0 Å². The molecule has 1 aliphatic carbocycles. The van der Waals surface area contributed by atoms with Gasteiger partial charge in [0.15, 0.2) is 0 Å². The van der Waals surface area contributed by atoms with E-state index in [1.165, 1.54) is 0 Å². The molecule has 2 fully saturated rings. The molecule has 1 aliphatic heterocycles. The number of carbonyl (C=O) groups is 1. The number of aliphatic hydroxyl groups is 1. The number of fused-ring (bicyclic) bond motifs is 1. The van der Waals surface area contributed by atoms with Crippen LogP contribution in [0.15, 0.2) is 29.2 Å². The van der Waals surface area contributed by atoms with E-state index < -0.39 is 0 Å². The third-order valence-corrected chi connectivity index (χ3v) is 6.38.